The maximum atomic E-state index is 12.5. The average Bonchev–Trinajstić information content (AvgIpc) is 2.79. The van der Waals surface area contributed by atoms with Crippen LogP contribution in [0.25, 0.3) is 0 Å². The van der Waals surface area contributed by atoms with Crippen molar-refractivity contribution in [2.45, 2.75) is 45.1 Å². The zero-order valence-corrected chi connectivity index (χ0v) is 13.6. The van der Waals surface area contributed by atoms with Crippen LogP contribution in [0.15, 0.2) is 5.38 Å². The molecule has 1 aromatic heterocycles. The van der Waals surface area contributed by atoms with Crippen molar-refractivity contribution in [1.82, 2.24) is 15.2 Å². The molecule has 5 nitrogen and oxygen atoms in total. The minimum absolute atomic E-state index is 0.0197. The lowest BCUT2D eigenvalue weighted by Gasteiger charge is -2.26. The lowest BCUT2D eigenvalue weighted by atomic mass is 9.92. The molecule has 4 rings (SSSR count). The summed E-state index contributed by atoms with van der Waals surface area (Å²) >= 11 is 1.51. The molecule has 2 unspecified atom stereocenters. The predicted octanol–water partition coefficient (Wildman–Crippen LogP) is 1.97. The van der Waals surface area contributed by atoms with Crippen molar-refractivity contribution in [3.8, 4) is 0 Å². The summed E-state index contributed by atoms with van der Waals surface area (Å²) in [5, 5.41) is 5.90. The molecule has 2 heterocycles. The Bertz CT molecular complexity index is 625. The van der Waals surface area contributed by atoms with E-state index in [9.17, 15) is 9.59 Å². The molecule has 2 amide bonds. The molecule has 3 fully saturated rings. The highest BCUT2D eigenvalue weighted by atomic mass is 32.1. The summed E-state index contributed by atoms with van der Waals surface area (Å²) in [6.07, 6.45) is 5.37. The van der Waals surface area contributed by atoms with Crippen LogP contribution in [0.2, 0.25) is 0 Å². The molecule has 118 valence electrons. The number of carbonyl (C=O) groups is 2. The molecule has 0 aromatic carbocycles. The molecule has 2 aliphatic carbocycles. The van der Waals surface area contributed by atoms with Crippen molar-refractivity contribution in [3.05, 3.63) is 16.1 Å². The van der Waals surface area contributed by atoms with Crippen molar-refractivity contribution in [2.75, 3.05) is 13.1 Å². The van der Waals surface area contributed by atoms with Crippen molar-refractivity contribution in [3.63, 3.8) is 0 Å². The van der Waals surface area contributed by atoms with Gasteiger partial charge in [0.1, 0.15) is 5.69 Å². The largest absolute Gasteiger partial charge is 0.353 e. The van der Waals surface area contributed by atoms with Crippen molar-refractivity contribution >= 4 is 23.2 Å². The summed E-state index contributed by atoms with van der Waals surface area (Å²) < 4.78 is 0. The van der Waals surface area contributed by atoms with Gasteiger partial charge in [-0.05, 0) is 39.0 Å². The molecule has 0 radical (unpaired) electrons. The number of aromatic nitrogens is 1. The summed E-state index contributed by atoms with van der Waals surface area (Å²) in [5.74, 6) is 0.345. The minimum Gasteiger partial charge on any atom is -0.353 e. The summed E-state index contributed by atoms with van der Waals surface area (Å²) in [7, 11) is 0. The van der Waals surface area contributed by atoms with E-state index in [1.807, 2.05) is 17.2 Å². The molecule has 22 heavy (non-hydrogen) atoms. The van der Waals surface area contributed by atoms with Gasteiger partial charge in [0.2, 0.25) is 5.91 Å². The molecular weight excluding hydrogens is 298 g/mol. The Balaban J connectivity index is 1.36. The third kappa shape index (κ3) is 2.33. The Morgan fingerprint density at radius 1 is 1.45 bits per heavy atom. The van der Waals surface area contributed by atoms with Gasteiger partial charge in [-0.15, -0.1) is 11.3 Å². The predicted molar refractivity (Wildman–Crippen MR) is 83.7 cm³/mol. The van der Waals surface area contributed by atoms with Crippen LogP contribution in [-0.4, -0.2) is 40.8 Å². The number of carbonyl (C=O) groups excluding carboxylic acids is 2. The number of hydrogen-bond donors (Lipinski definition) is 1. The molecule has 0 bridgehead atoms. The zero-order chi connectivity index (χ0) is 15.3. The van der Waals surface area contributed by atoms with E-state index in [0.717, 1.165) is 37.2 Å². The maximum absolute atomic E-state index is 12.5. The van der Waals surface area contributed by atoms with Gasteiger partial charge in [0.15, 0.2) is 0 Å². The van der Waals surface area contributed by atoms with E-state index >= 15 is 0 Å². The first-order valence-electron chi connectivity index (χ1n) is 8.09. The number of hydrogen-bond acceptors (Lipinski definition) is 4. The van der Waals surface area contributed by atoms with Crippen LogP contribution in [0.5, 0.6) is 0 Å². The zero-order valence-electron chi connectivity index (χ0n) is 12.8. The Hall–Kier alpha value is -1.43. The lowest BCUT2D eigenvalue weighted by Crippen LogP contribution is -2.41. The molecule has 1 aromatic rings. The fraction of sp³-hybridized carbons (Fsp3) is 0.688. The first-order valence-corrected chi connectivity index (χ1v) is 8.97. The number of rotatable bonds is 3. The first kappa shape index (κ1) is 14.2. The highest BCUT2D eigenvalue weighted by Crippen LogP contribution is 2.58. The molecule has 1 saturated heterocycles. The second-order valence-corrected chi connectivity index (χ2v) is 8.05. The van der Waals surface area contributed by atoms with Gasteiger partial charge in [-0.3, -0.25) is 9.59 Å². The van der Waals surface area contributed by atoms with Crippen molar-refractivity contribution in [2.24, 2.45) is 11.3 Å². The van der Waals surface area contributed by atoms with E-state index in [2.05, 4.69) is 10.3 Å². The summed E-state index contributed by atoms with van der Waals surface area (Å²) in [5.41, 5.74) is 0.602. The molecule has 1 spiro atoms. The Morgan fingerprint density at radius 3 is 2.91 bits per heavy atom. The average molecular weight is 319 g/mol. The van der Waals surface area contributed by atoms with Gasteiger partial charge in [0.25, 0.3) is 5.91 Å². The quantitative estimate of drug-likeness (QED) is 0.926. The Labute approximate surface area is 134 Å². The first-order chi connectivity index (χ1) is 10.6. The summed E-state index contributed by atoms with van der Waals surface area (Å²) in [6, 6.07) is 0.405. The summed E-state index contributed by atoms with van der Waals surface area (Å²) in [6.45, 7) is 3.38. The molecule has 6 heteroatoms. The van der Waals surface area contributed by atoms with E-state index in [0.29, 0.717) is 18.3 Å². The molecule has 1 aliphatic heterocycles. The standard InChI is InChI=1S/C16H21N3O2S/c1-10-17-13(8-22-10)15(21)19-6-5-16(9-19)7-12(16)14(20)18-11-3-2-4-11/h8,11-12H,2-7,9H2,1H3,(H,18,20). The Kier molecular flexibility index (Phi) is 3.25. The van der Waals surface area contributed by atoms with Crippen molar-refractivity contribution < 1.29 is 9.59 Å². The van der Waals surface area contributed by atoms with Gasteiger partial charge in [0.05, 0.1) is 5.01 Å². The van der Waals surface area contributed by atoms with Crippen LogP contribution in [-0.2, 0) is 4.79 Å². The van der Waals surface area contributed by atoms with Gasteiger partial charge < -0.3 is 10.2 Å². The summed E-state index contributed by atoms with van der Waals surface area (Å²) in [4.78, 5) is 30.9. The van der Waals surface area contributed by atoms with Gasteiger partial charge in [-0.25, -0.2) is 4.98 Å². The third-order valence-electron chi connectivity index (χ3n) is 5.47. The molecule has 3 aliphatic rings. The number of thiazole rings is 1. The van der Waals surface area contributed by atoms with Gasteiger partial charge >= 0.3 is 0 Å². The second-order valence-electron chi connectivity index (χ2n) is 6.98. The monoisotopic (exact) mass is 319 g/mol. The highest BCUT2D eigenvalue weighted by molar-refractivity contribution is 7.09. The number of likely N-dealkylation sites (tertiary alicyclic amines) is 1. The van der Waals surface area contributed by atoms with E-state index in [1.54, 1.807) is 0 Å². The van der Waals surface area contributed by atoms with Crippen LogP contribution >= 0.6 is 11.3 Å². The molecular formula is C16H21N3O2S. The normalized spacial score (nSPS) is 30.4. The molecule has 1 N–H and O–H groups in total. The highest BCUT2D eigenvalue weighted by Gasteiger charge is 2.61. The number of amides is 2. The van der Waals surface area contributed by atoms with E-state index < -0.39 is 0 Å². The van der Waals surface area contributed by atoms with Gasteiger partial charge in [-0.2, -0.15) is 0 Å². The fourth-order valence-corrected chi connectivity index (χ4v) is 4.30. The van der Waals surface area contributed by atoms with Gasteiger partial charge in [0, 0.05) is 35.8 Å². The fourth-order valence-electron chi connectivity index (χ4n) is 3.72. The van der Waals surface area contributed by atoms with Crippen LogP contribution in [0, 0.1) is 18.3 Å². The lowest BCUT2D eigenvalue weighted by molar-refractivity contribution is -0.124. The van der Waals surface area contributed by atoms with E-state index in [1.165, 1.54) is 17.8 Å². The SMILES string of the molecule is Cc1nc(C(=O)N2CCC3(CC3C(=O)NC3CCC3)C2)cs1. The maximum Gasteiger partial charge on any atom is 0.273 e. The third-order valence-corrected chi connectivity index (χ3v) is 6.24. The van der Waals surface area contributed by atoms with E-state index in [4.69, 9.17) is 0 Å². The smallest absolute Gasteiger partial charge is 0.273 e. The number of nitrogens with zero attached hydrogens (tertiary/aromatic N) is 2. The van der Waals surface area contributed by atoms with Crippen LogP contribution in [0.3, 0.4) is 0 Å². The van der Waals surface area contributed by atoms with Crippen LogP contribution in [0.4, 0.5) is 0 Å². The van der Waals surface area contributed by atoms with Crippen LogP contribution in [0.1, 0.15) is 47.6 Å². The van der Waals surface area contributed by atoms with Crippen molar-refractivity contribution in [1.29, 1.82) is 0 Å². The topological polar surface area (TPSA) is 62.3 Å². The second kappa shape index (κ2) is 5.05. The number of aryl methyl sites for hydroxylation is 1. The number of nitrogens with one attached hydrogen (secondary N) is 1. The van der Waals surface area contributed by atoms with E-state index in [-0.39, 0.29) is 23.1 Å². The molecule has 2 saturated carbocycles. The van der Waals surface area contributed by atoms with Gasteiger partial charge in [-0.1, -0.05) is 0 Å². The van der Waals surface area contributed by atoms with Crippen LogP contribution < -0.4 is 5.32 Å². The molecule has 2 atom stereocenters. The Morgan fingerprint density at radius 2 is 2.27 bits per heavy atom. The minimum atomic E-state index is 0.0197.